The Morgan fingerprint density at radius 2 is 1.19 bits per heavy atom. The van der Waals surface area contributed by atoms with Gasteiger partial charge in [0.25, 0.3) is 11.8 Å². The third-order valence-electron chi connectivity index (χ3n) is 4.23. The number of aliphatic hydroxyl groups is 2. The van der Waals surface area contributed by atoms with Gasteiger partial charge >= 0.3 is 0 Å². The lowest BCUT2D eigenvalue weighted by Crippen LogP contribution is -2.35. The highest BCUT2D eigenvalue weighted by molar-refractivity contribution is 5.93. The van der Waals surface area contributed by atoms with Crippen LogP contribution in [0, 0.1) is 0 Å². The summed E-state index contributed by atoms with van der Waals surface area (Å²) in [6.45, 7) is 0.196. The number of carbonyl (C=O) groups excluding carboxylic acids is 2. The van der Waals surface area contributed by atoms with E-state index >= 15 is 0 Å². The highest BCUT2D eigenvalue weighted by Gasteiger charge is 2.40. The highest BCUT2D eigenvalue weighted by Crippen LogP contribution is 2.22. The first kappa shape index (κ1) is 23.2. The molecule has 27 heavy (non-hydrogen) atoms. The molecule has 0 heterocycles. The maximum atomic E-state index is 13.7. The fraction of sp³-hybridized carbons (Fsp3) is 0.684. The van der Waals surface area contributed by atoms with Gasteiger partial charge < -0.3 is 20.8 Å². The van der Waals surface area contributed by atoms with Gasteiger partial charge in [-0.1, -0.05) is 12.8 Å². The zero-order valence-electron chi connectivity index (χ0n) is 15.6. The number of aliphatic hydroxyl groups excluding tert-OH is 2. The number of carbonyl (C=O) groups is 2. The number of nitrogens with one attached hydrogen (secondary N) is 2. The molecule has 4 N–H and O–H groups in total. The van der Waals surface area contributed by atoms with Crippen LogP contribution in [0.5, 0.6) is 0 Å². The SMILES string of the molecule is O=C(N[C@H]1C[C@H]1NC(=O)/C(F)=C\CCCCCO)/C(F)=C\CCCCCO. The third kappa shape index (κ3) is 10.2. The summed E-state index contributed by atoms with van der Waals surface area (Å²) in [6.07, 6.45) is 7.89. The number of amides is 2. The van der Waals surface area contributed by atoms with Crippen LogP contribution in [0.25, 0.3) is 0 Å². The summed E-state index contributed by atoms with van der Waals surface area (Å²) in [6, 6.07) is -0.792. The Labute approximate surface area is 158 Å². The molecule has 0 saturated heterocycles. The van der Waals surface area contributed by atoms with E-state index in [0.29, 0.717) is 44.9 Å². The molecule has 0 aromatic heterocycles. The van der Waals surface area contributed by atoms with Crippen molar-refractivity contribution in [1.82, 2.24) is 10.6 Å². The van der Waals surface area contributed by atoms with Gasteiger partial charge in [0.15, 0.2) is 11.7 Å². The van der Waals surface area contributed by atoms with Crippen LogP contribution >= 0.6 is 0 Å². The van der Waals surface area contributed by atoms with Crippen molar-refractivity contribution in [2.75, 3.05) is 13.2 Å². The maximum Gasteiger partial charge on any atom is 0.279 e. The third-order valence-corrected chi connectivity index (χ3v) is 4.23. The topological polar surface area (TPSA) is 98.7 Å². The molecule has 0 spiro atoms. The summed E-state index contributed by atoms with van der Waals surface area (Å²) in [5.41, 5.74) is 0. The van der Waals surface area contributed by atoms with E-state index < -0.39 is 35.6 Å². The summed E-state index contributed by atoms with van der Waals surface area (Å²) in [4.78, 5) is 23.4. The van der Waals surface area contributed by atoms with E-state index in [-0.39, 0.29) is 13.2 Å². The summed E-state index contributed by atoms with van der Waals surface area (Å²) in [5, 5.41) is 22.2. The van der Waals surface area contributed by atoms with Gasteiger partial charge in [-0.25, -0.2) is 8.78 Å². The van der Waals surface area contributed by atoms with Gasteiger partial charge in [-0.2, -0.15) is 0 Å². The molecule has 0 radical (unpaired) electrons. The lowest BCUT2D eigenvalue weighted by atomic mass is 10.2. The van der Waals surface area contributed by atoms with Gasteiger partial charge in [0.05, 0.1) is 12.1 Å². The van der Waals surface area contributed by atoms with Crippen molar-refractivity contribution in [3.63, 3.8) is 0 Å². The van der Waals surface area contributed by atoms with E-state index in [0.717, 1.165) is 12.8 Å². The number of halogens is 2. The van der Waals surface area contributed by atoms with Crippen molar-refractivity contribution in [3.8, 4) is 0 Å². The second-order valence-corrected chi connectivity index (χ2v) is 6.65. The maximum absolute atomic E-state index is 13.7. The molecule has 1 fully saturated rings. The van der Waals surface area contributed by atoms with E-state index in [1.54, 1.807) is 0 Å². The molecule has 0 aliphatic heterocycles. The molecular formula is C19H30F2N2O4. The van der Waals surface area contributed by atoms with E-state index in [9.17, 15) is 18.4 Å². The predicted octanol–water partition coefficient (Wildman–Crippen LogP) is 2.17. The fourth-order valence-electron chi connectivity index (χ4n) is 2.50. The monoisotopic (exact) mass is 388 g/mol. The van der Waals surface area contributed by atoms with E-state index in [4.69, 9.17) is 10.2 Å². The molecule has 6 nitrogen and oxygen atoms in total. The summed E-state index contributed by atoms with van der Waals surface area (Å²) >= 11 is 0. The average molecular weight is 388 g/mol. The summed E-state index contributed by atoms with van der Waals surface area (Å²) < 4.78 is 27.3. The molecule has 0 bridgehead atoms. The minimum atomic E-state index is -0.870. The van der Waals surface area contributed by atoms with E-state index in [2.05, 4.69) is 10.6 Å². The van der Waals surface area contributed by atoms with Crippen molar-refractivity contribution in [2.24, 2.45) is 0 Å². The van der Waals surface area contributed by atoms with Gasteiger partial charge in [-0.05, 0) is 57.1 Å². The fourth-order valence-corrected chi connectivity index (χ4v) is 2.50. The van der Waals surface area contributed by atoms with Crippen molar-refractivity contribution in [3.05, 3.63) is 23.8 Å². The molecule has 0 aromatic rings. The van der Waals surface area contributed by atoms with Gasteiger partial charge in [0, 0.05) is 13.2 Å². The molecule has 8 heteroatoms. The zero-order chi connectivity index (χ0) is 20.1. The normalized spacial score (nSPS) is 19.7. The first-order valence-electron chi connectivity index (χ1n) is 9.54. The Morgan fingerprint density at radius 3 is 1.56 bits per heavy atom. The largest absolute Gasteiger partial charge is 0.396 e. The van der Waals surface area contributed by atoms with Crippen LogP contribution in [0.3, 0.4) is 0 Å². The summed E-state index contributed by atoms with van der Waals surface area (Å²) in [7, 11) is 0. The number of allylic oxidation sites excluding steroid dienone is 2. The Kier molecular flexibility index (Phi) is 11.5. The Hall–Kier alpha value is -1.80. The number of hydrogen-bond acceptors (Lipinski definition) is 4. The van der Waals surface area contributed by atoms with E-state index in [1.807, 2.05) is 0 Å². The van der Waals surface area contributed by atoms with Crippen LogP contribution < -0.4 is 10.6 Å². The Balaban J connectivity index is 2.24. The smallest absolute Gasteiger partial charge is 0.279 e. The van der Waals surface area contributed by atoms with Gasteiger partial charge in [-0.15, -0.1) is 0 Å². The first-order valence-corrected chi connectivity index (χ1v) is 9.54. The zero-order valence-corrected chi connectivity index (χ0v) is 15.6. The molecule has 1 saturated carbocycles. The molecule has 154 valence electrons. The second kappa shape index (κ2) is 13.4. The van der Waals surface area contributed by atoms with Crippen molar-refractivity contribution < 1.29 is 28.6 Å². The summed E-state index contributed by atoms with van der Waals surface area (Å²) in [5.74, 6) is -3.41. The molecule has 1 aliphatic carbocycles. The number of unbranched alkanes of at least 4 members (excludes halogenated alkanes) is 6. The Bertz CT molecular complexity index is 492. The van der Waals surface area contributed by atoms with Crippen LogP contribution in [0.1, 0.15) is 57.8 Å². The van der Waals surface area contributed by atoms with Crippen molar-refractivity contribution >= 4 is 11.8 Å². The number of hydrogen-bond donors (Lipinski definition) is 4. The molecule has 0 aromatic carbocycles. The van der Waals surface area contributed by atoms with Gasteiger partial charge in [0.2, 0.25) is 0 Å². The second-order valence-electron chi connectivity index (χ2n) is 6.65. The van der Waals surface area contributed by atoms with E-state index in [1.165, 1.54) is 12.2 Å². The lowest BCUT2D eigenvalue weighted by molar-refractivity contribution is -0.120. The highest BCUT2D eigenvalue weighted by atomic mass is 19.1. The van der Waals surface area contributed by atoms with Crippen LogP contribution in [0.4, 0.5) is 8.78 Å². The molecule has 1 aliphatic rings. The van der Waals surface area contributed by atoms with Crippen molar-refractivity contribution in [1.29, 1.82) is 0 Å². The van der Waals surface area contributed by atoms with Crippen LogP contribution in [0.2, 0.25) is 0 Å². The molecule has 1 rings (SSSR count). The molecule has 2 amide bonds. The average Bonchev–Trinajstić information content (AvgIpc) is 3.37. The minimum absolute atomic E-state index is 0.0982. The first-order chi connectivity index (χ1) is 13.0. The predicted molar refractivity (Wildman–Crippen MR) is 98.0 cm³/mol. The van der Waals surface area contributed by atoms with Crippen molar-refractivity contribution in [2.45, 2.75) is 69.9 Å². The lowest BCUT2D eigenvalue weighted by Gasteiger charge is -2.05. The number of rotatable bonds is 14. The van der Waals surface area contributed by atoms with Crippen LogP contribution in [-0.2, 0) is 9.59 Å². The quantitative estimate of drug-likeness (QED) is 0.271. The molecular weight excluding hydrogens is 358 g/mol. The minimum Gasteiger partial charge on any atom is -0.396 e. The standard InChI is InChI=1S/C19H30F2N2O4/c20-14(9-5-1-3-7-11-24)18(26)22-16-13-17(16)23-19(27)15(21)10-6-2-4-8-12-25/h9-10,16-17,24-25H,1-8,11-13H2,(H,22,26)(H,23,27)/b14-9+,15-10+/t16-,17+. The molecule has 2 atom stereocenters. The van der Waals surface area contributed by atoms with Gasteiger partial charge in [-0.3, -0.25) is 9.59 Å². The molecule has 0 unspecified atom stereocenters. The van der Waals surface area contributed by atoms with Crippen LogP contribution in [-0.4, -0.2) is 47.3 Å². The Morgan fingerprint density at radius 1 is 0.778 bits per heavy atom. The van der Waals surface area contributed by atoms with Crippen LogP contribution in [0.15, 0.2) is 23.8 Å². The van der Waals surface area contributed by atoms with Gasteiger partial charge in [0.1, 0.15) is 0 Å².